The Balaban J connectivity index is 1.85. The number of hydrogen-bond acceptors (Lipinski definition) is 4. The van der Waals surface area contributed by atoms with E-state index in [2.05, 4.69) is 17.9 Å². The van der Waals surface area contributed by atoms with Crippen molar-refractivity contribution < 1.29 is 14.3 Å². The normalized spacial score (nSPS) is 22.6. The second-order valence-electron chi connectivity index (χ2n) is 4.99. The third-order valence-electron chi connectivity index (χ3n) is 3.85. The molecule has 0 aromatic heterocycles. The molecule has 2 aliphatic rings. The molecule has 0 radical (unpaired) electrons. The largest absolute Gasteiger partial charge is 0.376 e. The lowest BCUT2D eigenvalue weighted by Crippen LogP contribution is -2.50. The quantitative estimate of drug-likeness (QED) is 0.816. The Morgan fingerprint density at radius 1 is 1.25 bits per heavy atom. The van der Waals surface area contributed by atoms with Crippen LogP contribution in [0.5, 0.6) is 0 Å². The number of hydrogen-bond donors (Lipinski definition) is 0. The number of nitrogens with zero attached hydrogens (tertiary/aromatic N) is 2. The molecule has 1 aromatic carbocycles. The number of ether oxygens (including phenoxy) is 2. The first-order chi connectivity index (χ1) is 9.81. The maximum atomic E-state index is 12.6. The van der Waals surface area contributed by atoms with E-state index in [-0.39, 0.29) is 5.91 Å². The van der Waals surface area contributed by atoms with E-state index in [0.717, 1.165) is 24.5 Å². The highest BCUT2D eigenvalue weighted by atomic mass is 16.6. The van der Waals surface area contributed by atoms with E-state index in [0.29, 0.717) is 26.4 Å². The lowest BCUT2D eigenvalue weighted by Gasteiger charge is -2.38. The van der Waals surface area contributed by atoms with Gasteiger partial charge in [-0.1, -0.05) is 12.1 Å². The van der Waals surface area contributed by atoms with Crippen molar-refractivity contribution in [3.8, 4) is 0 Å². The van der Waals surface area contributed by atoms with Crippen LogP contribution in [0.4, 0.5) is 11.4 Å². The standard InChI is InChI=1S/C15H20N2O3/c1-2-16-7-8-17(13-6-4-3-5-12(13)16)15(18)14-11-19-9-10-20-14/h3-6,14H,2,7-11H2,1H3/t14-/m0/s1. The Bertz CT molecular complexity index is 486. The van der Waals surface area contributed by atoms with Crippen LogP contribution in [0.1, 0.15) is 6.92 Å². The number of amides is 1. The molecule has 0 aliphatic carbocycles. The van der Waals surface area contributed by atoms with Gasteiger partial charge in [-0.25, -0.2) is 0 Å². The number of rotatable bonds is 2. The molecule has 108 valence electrons. The van der Waals surface area contributed by atoms with Crippen LogP contribution < -0.4 is 9.80 Å². The van der Waals surface area contributed by atoms with Crippen LogP contribution in [0.25, 0.3) is 0 Å². The number of fused-ring (bicyclic) bond motifs is 1. The van der Waals surface area contributed by atoms with Gasteiger partial charge in [0.25, 0.3) is 5.91 Å². The number of carbonyl (C=O) groups is 1. The predicted molar refractivity (Wildman–Crippen MR) is 77.2 cm³/mol. The van der Waals surface area contributed by atoms with E-state index in [1.54, 1.807) is 0 Å². The van der Waals surface area contributed by atoms with Gasteiger partial charge in [-0.3, -0.25) is 4.79 Å². The molecular formula is C15H20N2O3. The van der Waals surface area contributed by atoms with Crippen molar-refractivity contribution >= 4 is 17.3 Å². The minimum atomic E-state index is -0.468. The van der Waals surface area contributed by atoms with Crippen LogP contribution in [0.15, 0.2) is 24.3 Å². The molecule has 1 atom stereocenters. The maximum absolute atomic E-state index is 12.6. The van der Waals surface area contributed by atoms with Crippen LogP contribution in [0.3, 0.4) is 0 Å². The van der Waals surface area contributed by atoms with Gasteiger partial charge in [0.15, 0.2) is 6.10 Å². The van der Waals surface area contributed by atoms with Gasteiger partial charge in [-0.05, 0) is 19.1 Å². The number of para-hydroxylation sites is 2. The maximum Gasteiger partial charge on any atom is 0.258 e. The summed E-state index contributed by atoms with van der Waals surface area (Å²) in [6, 6.07) is 8.04. The Morgan fingerprint density at radius 3 is 2.75 bits per heavy atom. The Morgan fingerprint density at radius 2 is 2.05 bits per heavy atom. The van der Waals surface area contributed by atoms with E-state index in [1.165, 1.54) is 0 Å². The molecule has 1 amide bonds. The zero-order valence-corrected chi connectivity index (χ0v) is 11.7. The lowest BCUT2D eigenvalue weighted by atomic mass is 10.1. The Hall–Kier alpha value is -1.59. The summed E-state index contributed by atoms with van der Waals surface area (Å²) in [6.45, 7) is 6.05. The lowest BCUT2D eigenvalue weighted by molar-refractivity contribution is -0.144. The minimum Gasteiger partial charge on any atom is -0.376 e. The molecule has 1 saturated heterocycles. The van der Waals surface area contributed by atoms with Crippen molar-refractivity contribution in [2.24, 2.45) is 0 Å². The second kappa shape index (κ2) is 5.81. The molecule has 0 unspecified atom stereocenters. The summed E-state index contributed by atoms with van der Waals surface area (Å²) in [5.41, 5.74) is 2.09. The smallest absolute Gasteiger partial charge is 0.258 e. The topological polar surface area (TPSA) is 42.0 Å². The Kier molecular flexibility index (Phi) is 3.89. The summed E-state index contributed by atoms with van der Waals surface area (Å²) in [4.78, 5) is 16.7. The fraction of sp³-hybridized carbons (Fsp3) is 0.533. The number of carbonyl (C=O) groups excluding carboxylic acids is 1. The van der Waals surface area contributed by atoms with Gasteiger partial charge >= 0.3 is 0 Å². The molecule has 5 heteroatoms. The molecule has 3 rings (SSSR count). The molecule has 2 aliphatic heterocycles. The average Bonchev–Trinajstić information content (AvgIpc) is 2.54. The van der Waals surface area contributed by atoms with Crippen LogP contribution >= 0.6 is 0 Å². The molecule has 0 bridgehead atoms. The van der Waals surface area contributed by atoms with Crippen molar-refractivity contribution in [1.29, 1.82) is 0 Å². The summed E-state index contributed by atoms with van der Waals surface area (Å²) >= 11 is 0. The van der Waals surface area contributed by atoms with Crippen LogP contribution in [-0.4, -0.2) is 51.5 Å². The van der Waals surface area contributed by atoms with Gasteiger partial charge in [0, 0.05) is 19.6 Å². The van der Waals surface area contributed by atoms with E-state index in [1.807, 2.05) is 23.1 Å². The molecule has 1 aromatic rings. The van der Waals surface area contributed by atoms with Crippen LogP contribution in [0.2, 0.25) is 0 Å². The summed E-state index contributed by atoms with van der Waals surface area (Å²) in [6.07, 6.45) is -0.468. The fourth-order valence-corrected chi connectivity index (χ4v) is 2.78. The van der Waals surface area contributed by atoms with Crippen molar-refractivity contribution in [1.82, 2.24) is 0 Å². The molecule has 0 N–H and O–H groups in total. The molecular weight excluding hydrogens is 256 g/mol. The molecule has 1 fully saturated rings. The fourth-order valence-electron chi connectivity index (χ4n) is 2.78. The van der Waals surface area contributed by atoms with Crippen molar-refractivity contribution in [2.75, 3.05) is 49.3 Å². The SMILES string of the molecule is CCN1CCN(C(=O)[C@@H]2COCCO2)c2ccccc21. The minimum absolute atomic E-state index is 0.00732. The van der Waals surface area contributed by atoms with Crippen LogP contribution in [-0.2, 0) is 14.3 Å². The predicted octanol–water partition coefficient (Wildman–Crippen LogP) is 1.27. The number of likely N-dealkylation sites (N-methyl/N-ethyl adjacent to an activating group) is 1. The highest BCUT2D eigenvalue weighted by Crippen LogP contribution is 2.33. The summed E-state index contributed by atoms with van der Waals surface area (Å²) in [7, 11) is 0. The monoisotopic (exact) mass is 276 g/mol. The van der Waals surface area contributed by atoms with Crippen molar-refractivity contribution in [3.63, 3.8) is 0 Å². The summed E-state index contributed by atoms with van der Waals surface area (Å²) < 4.78 is 10.9. The van der Waals surface area contributed by atoms with Crippen molar-refractivity contribution in [2.45, 2.75) is 13.0 Å². The van der Waals surface area contributed by atoms with Gasteiger partial charge in [0.1, 0.15) is 0 Å². The van der Waals surface area contributed by atoms with E-state index >= 15 is 0 Å². The van der Waals surface area contributed by atoms with E-state index in [9.17, 15) is 4.79 Å². The third kappa shape index (κ3) is 2.39. The van der Waals surface area contributed by atoms with Gasteiger partial charge in [0.05, 0.1) is 31.2 Å². The highest BCUT2D eigenvalue weighted by molar-refractivity contribution is 6.00. The zero-order chi connectivity index (χ0) is 13.9. The van der Waals surface area contributed by atoms with Gasteiger partial charge in [0.2, 0.25) is 0 Å². The van der Waals surface area contributed by atoms with E-state index in [4.69, 9.17) is 9.47 Å². The molecule has 0 spiro atoms. The summed E-state index contributed by atoms with van der Waals surface area (Å²) in [5, 5.41) is 0. The molecule has 20 heavy (non-hydrogen) atoms. The highest BCUT2D eigenvalue weighted by Gasteiger charge is 2.32. The molecule has 5 nitrogen and oxygen atoms in total. The first kappa shape index (κ1) is 13.4. The van der Waals surface area contributed by atoms with Crippen LogP contribution in [0, 0.1) is 0 Å². The Labute approximate surface area is 119 Å². The zero-order valence-electron chi connectivity index (χ0n) is 11.7. The average molecular weight is 276 g/mol. The number of anilines is 2. The third-order valence-corrected chi connectivity index (χ3v) is 3.85. The van der Waals surface area contributed by atoms with Crippen molar-refractivity contribution in [3.05, 3.63) is 24.3 Å². The van der Waals surface area contributed by atoms with E-state index < -0.39 is 6.10 Å². The van der Waals surface area contributed by atoms with Gasteiger partial charge < -0.3 is 19.3 Å². The second-order valence-corrected chi connectivity index (χ2v) is 4.99. The summed E-state index contributed by atoms with van der Waals surface area (Å²) in [5.74, 6) is 0.00732. The first-order valence-electron chi connectivity index (χ1n) is 7.16. The van der Waals surface area contributed by atoms with Gasteiger partial charge in [-0.2, -0.15) is 0 Å². The molecule has 2 heterocycles. The van der Waals surface area contributed by atoms with Gasteiger partial charge in [-0.15, -0.1) is 0 Å². The number of benzene rings is 1. The molecule has 0 saturated carbocycles. The first-order valence-corrected chi connectivity index (χ1v) is 7.16.